The van der Waals surface area contributed by atoms with Gasteiger partial charge in [-0.3, -0.25) is 5.43 Å². The number of alkyl halides is 6. The molecule has 0 aromatic heterocycles. The highest BCUT2D eigenvalue weighted by atomic mass is 35.5. The maximum absolute atomic E-state index is 13.4. The zero-order chi connectivity index (χ0) is 16.5. The molecule has 1 atom stereocenters. The van der Waals surface area contributed by atoms with E-state index in [1.165, 1.54) is 0 Å². The van der Waals surface area contributed by atoms with Gasteiger partial charge in [-0.05, 0) is 54.7 Å². The standard InChI is InChI=1S/C10H13Cl2F4N3OS/c11-9(13,14)8(20,10(12,15)16)5-3-1-2-4-6(5)18-19-7(17)21/h5,20H,1-4H2,(H3,17,19,21)/b18-6+/t5-/m0/s1. The molecule has 0 unspecified atom stereocenters. The number of halogens is 6. The monoisotopic (exact) mass is 369 g/mol. The number of nitrogens with zero attached hydrogens (tertiary/aromatic N) is 1. The van der Waals surface area contributed by atoms with E-state index < -0.39 is 22.3 Å². The molecule has 122 valence electrons. The number of hydrogen-bond donors (Lipinski definition) is 3. The van der Waals surface area contributed by atoms with Crippen LogP contribution < -0.4 is 11.2 Å². The van der Waals surface area contributed by atoms with Gasteiger partial charge in [0, 0.05) is 11.6 Å². The molecule has 4 N–H and O–H groups in total. The maximum Gasteiger partial charge on any atom is 0.357 e. The van der Waals surface area contributed by atoms with E-state index in [-0.39, 0.29) is 23.7 Å². The third-order valence-electron chi connectivity index (χ3n) is 3.26. The van der Waals surface area contributed by atoms with Crippen LogP contribution in [-0.4, -0.2) is 32.3 Å². The van der Waals surface area contributed by atoms with Crippen molar-refractivity contribution in [1.29, 1.82) is 0 Å². The lowest BCUT2D eigenvalue weighted by atomic mass is 9.75. The van der Waals surface area contributed by atoms with Crippen LogP contribution in [0.5, 0.6) is 0 Å². The Morgan fingerprint density at radius 2 is 1.81 bits per heavy atom. The maximum atomic E-state index is 13.4. The normalized spacial score (nSPS) is 23.2. The van der Waals surface area contributed by atoms with Crippen molar-refractivity contribution in [3.8, 4) is 0 Å². The van der Waals surface area contributed by atoms with Gasteiger partial charge >= 0.3 is 10.8 Å². The van der Waals surface area contributed by atoms with Crippen LogP contribution in [0, 0.1) is 5.92 Å². The number of nitrogens with two attached hydrogens (primary N) is 1. The van der Waals surface area contributed by atoms with Crippen molar-refractivity contribution in [2.45, 2.75) is 42.0 Å². The summed E-state index contributed by atoms with van der Waals surface area (Å²) in [6.07, 6.45) is 0.770. The van der Waals surface area contributed by atoms with E-state index >= 15 is 0 Å². The van der Waals surface area contributed by atoms with E-state index in [1.807, 2.05) is 0 Å². The fourth-order valence-corrected chi connectivity index (χ4v) is 2.86. The second-order valence-electron chi connectivity index (χ2n) is 4.64. The predicted octanol–water partition coefficient (Wildman–Crippen LogP) is 2.76. The molecule has 1 fully saturated rings. The van der Waals surface area contributed by atoms with Crippen molar-refractivity contribution in [2.24, 2.45) is 16.8 Å². The lowest BCUT2D eigenvalue weighted by Gasteiger charge is -2.42. The summed E-state index contributed by atoms with van der Waals surface area (Å²) in [5.41, 5.74) is 3.14. The summed E-state index contributed by atoms with van der Waals surface area (Å²) < 4.78 is 53.8. The SMILES string of the molecule is NC(=S)N/N=C1\CCCC[C@@H]1C(O)(C(F)(F)Cl)C(F)(F)Cl. The first-order valence-corrected chi connectivity index (χ1v) is 7.05. The highest BCUT2D eigenvalue weighted by Gasteiger charge is 2.71. The van der Waals surface area contributed by atoms with Gasteiger partial charge in [0.25, 0.3) is 0 Å². The molecular formula is C10H13Cl2F4N3OS. The Morgan fingerprint density at radius 3 is 2.24 bits per heavy atom. The topological polar surface area (TPSA) is 70.6 Å². The summed E-state index contributed by atoms with van der Waals surface area (Å²) in [7, 11) is 0. The van der Waals surface area contributed by atoms with Crippen LogP contribution in [0.4, 0.5) is 17.6 Å². The third kappa shape index (κ3) is 3.88. The minimum absolute atomic E-state index is 0.0997. The Balaban J connectivity index is 3.27. The summed E-state index contributed by atoms with van der Waals surface area (Å²) in [4.78, 5) is 0. The van der Waals surface area contributed by atoms with Crippen molar-refractivity contribution in [3.63, 3.8) is 0 Å². The van der Waals surface area contributed by atoms with Gasteiger partial charge in [0.1, 0.15) is 0 Å². The molecule has 4 nitrogen and oxygen atoms in total. The fourth-order valence-electron chi connectivity index (χ4n) is 2.26. The summed E-state index contributed by atoms with van der Waals surface area (Å²) in [5.74, 6) is -1.74. The molecule has 0 aromatic carbocycles. The van der Waals surface area contributed by atoms with E-state index in [0.717, 1.165) is 0 Å². The van der Waals surface area contributed by atoms with Gasteiger partial charge in [-0.15, -0.1) is 0 Å². The molecule has 0 radical (unpaired) electrons. The van der Waals surface area contributed by atoms with Crippen molar-refractivity contribution in [2.75, 3.05) is 0 Å². The zero-order valence-corrected chi connectivity index (χ0v) is 12.9. The lowest BCUT2D eigenvalue weighted by molar-refractivity contribution is -0.234. The number of hydrogen-bond acceptors (Lipinski definition) is 3. The molecule has 21 heavy (non-hydrogen) atoms. The number of nitrogens with one attached hydrogen (secondary N) is 1. The van der Waals surface area contributed by atoms with Gasteiger partial charge in [0.2, 0.25) is 5.60 Å². The molecule has 1 rings (SSSR count). The second kappa shape index (κ2) is 6.39. The molecular weight excluding hydrogens is 357 g/mol. The van der Waals surface area contributed by atoms with E-state index in [4.69, 9.17) is 28.9 Å². The van der Waals surface area contributed by atoms with Crippen LogP contribution in [0.15, 0.2) is 5.10 Å². The van der Waals surface area contributed by atoms with Gasteiger partial charge in [-0.1, -0.05) is 6.42 Å². The summed E-state index contributed by atoms with van der Waals surface area (Å²) >= 11 is 13.9. The van der Waals surface area contributed by atoms with Crippen LogP contribution in [0.2, 0.25) is 0 Å². The number of aliphatic hydroxyl groups is 1. The molecule has 1 saturated carbocycles. The number of thiocarbonyl (C=S) groups is 1. The quantitative estimate of drug-likeness (QED) is 0.308. The summed E-state index contributed by atoms with van der Waals surface area (Å²) in [5, 5.41) is 3.92. The molecule has 0 bridgehead atoms. The number of rotatable bonds is 4. The minimum atomic E-state index is -4.66. The Hall–Kier alpha value is -0.380. The number of hydrazone groups is 1. The van der Waals surface area contributed by atoms with Crippen molar-refractivity contribution in [1.82, 2.24) is 5.43 Å². The van der Waals surface area contributed by atoms with E-state index in [9.17, 15) is 22.7 Å². The van der Waals surface area contributed by atoms with Crippen molar-refractivity contribution in [3.05, 3.63) is 0 Å². The largest absolute Gasteiger partial charge is 0.376 e. The first-order valence-electron chi connectivity index (χ1n) is 5.89. The van der Waals surface area contributed by atoms with Gasteiger partial charge in [-0.2, -0.15) is 22.7 Å². The Morgan fingerprint density at radius 1 is 1.29 bits per heavy atom. The Bertz CT molecular complexity index is 425. The van der Waals surface area contributed by atoms with Crippen LogP contribution >= 0.6 is 35.4 Å². The smallest absolute Gasteiger partial charge is 0.357 e. The van der Waals surface area contributed by atoms with Crippen molar-refractivity contribution >= 4 is 46.2 Å². The summed E-state index contributed by atoms with van der Waals surface area (Å²) in [6.45, 7) is 0. The average molecular weight is 370 g/mol. The first-order chi connectivity index (χ1) is 9.41. The van der Waals surface area contributed by atoms with Gasteiger partial charge < -0.3 is 10.8 Å². The van der Waals surface area contributed by atoms with Crippen LogP contribution in [0.3, 0.4) is 0 Å². The molecule has 1 aliphatic rings. The minimum Gasteiger partial charge on any atom is -0.376 e. The third-order valence-corrected chi connectivity index (χ3v) is 3.92. The zero-order valence-electron chi connectivity index (χ0n) is 10.6. The predicted molar refractivity (Wildman–Crippen MR) is 75.9 cm³/mol. The van der Waals surface area contributed by atoms with Crippen molar-refractivity contribution < 1.29 is 22.7 Å². The van der Waals surface area contributed by atoms with Gasteiger partial charge in [0.15, 0.2) is 5.11 Å². The average Bonchev–Trinajstić information content (AvgIpc) is 2.33. The lowest BCUT2D eigenvalue weighted by Crippen LogP contribution is -2.63. The molecule has 0 aromatic rings. The molecule has 11 heteroatoms. The molecule has 0 heterocycles. The van der Waals surface area contributed by atoms with Crippen LogP contribution in [0.1, 0.15) is 25.7 Å². The second-order valence-corrected chi connectivity index (χ2v) is 6.03. The fraction of sp³-hybridized carbons (Fsp3) is 0.800. The molecule has 0 spiro atoms. The van der Waals surface area contributed by atoms with Gasteiger partial charge in [0.05, 0.1) is 0 Å². The molecule has 1 aliphatic carbocycles. The van der Waals surface area contributed by atoms with Crippen LogP contribution in [-0.2, 0) is 0 Å². The molecule has 0 saturated heterocycles. The Kier molecular flexibility index (Phi) is 5.68. The van der Waals surface area contributed by atoms with Gasteiger partial charge in [-0.25, -0.2) is 0 Å². The first kappa shape index (κ1) is 18.7. The molecule has 0 aliphatic heterocycles. The summed E-state index contributed by atoms with van der Waals surface area (Å²) in [6, 6.07) is 0. The van der Waals surface area contributed by atoms with E-state index in [2.05, 4.69) is 22.7 Å². The van der Waals surface area contributed by atoms with E-state index in [0.29, 0.717) is 12.8 Å². The molecule has 0 amide bonds. The highest BCUT2D eigenvalue weighted by Crippen LogP contribution is 2.52. The Labute approximate surface area is 133 Å². The van der Waals surface area contributed by atoms with E-state index in [1.54, 1.807) is 0 Å². The van der Waals surface area contributed by atoms with Crippen LogP contribution in [0.25, 0.3) is 0 Å². The highest BCUT2D eigenvalue weighted by molar-refractivity contribution is 7.80.